The standard InChI is InChI=1S/C13H11F2OP/c1-17(16,12-8-4-2-6-10(12)14)13-9-5-3-7-11(13)15/h2-9H,1H3. The van der Waals surface area contributed by atoms with E-state index in [0.29, 0.717) is 0 Å². The highest BCUT2D eigenvalue weighted by Crippen LogP contribution is 2.40. The SMILES string of the molecule is CP(=O)(c1ccccc1F)c1ccccc1F. The molecule has 0 amide bonds. The predicted molar refractivity (Wildman–Crippen MR) is 65.6 cm³/mol. The van der Waals surface area contributed by atoms with Crippen LogP contribution >= 0.6 is 7.14 Å². The van der Waals surface area contributed by atoms with Crippen LogP contribution in [0.15, 0.2) is 48.5 Å². The topological polar surface area (TPSA) is 17.1 Å². The molecule has 0 spiro atoms. The molecule has 0 heterocycles. The van der Waals surface area contributed by atoms with E-state index in [1.165, 1.54) is 43.1 Å². The summed E-state index contributed by atoms with van der Waals surface area (Å²) >= 11 is 0. The molecular formula is C13H11F2OP. The minimum absolute atomic E-state index is 0.0603. The van der Waals surface area contributed by atoms with Gasteiger partial charge in [-0.15, -0.1) is 0 Å². The van der Waals surface area contributed by atoms with Crippen LogP contribution in [0.1, 0.15) is 0 Å². The highest BCUT2D eigenvalue weighted by molar-refractivity contribution is 7.78. The predicted octanol–water partition coefficient (Wildman–Crippen LogP) is 2.91. The smallest absolute Gasteiger partial charge is 0.146 e. The van der Waals surface area contributed by atoms with Crippen LogP contribution in [0.3, 0.4) is 0 Å². The van der Waals surface area contributed by atoms with Gasteiger partial charge in [-0.2, -0.15) is 0 Å². The molecule has 0 radical (unpaired) electrons. The van der Waals surface area contributed by atoms with Crippen LogP contribution in [0.5, 0.6) is 0 Å². The van der Waals surface area contributed by atoms with Crippen molar-refractivity contribution in [2.75, 3.05) is 6.66 Å². The molecule has 2 rings (SSSR count). The largest absolute Gasteiger partial charge is 0.314 e. The van der Waals surface area contributed by atoms with E-state index in [0.717, 1.165) is 0 Å². The Kier molecular flexibility index (Phi) is 3.12. The second-order valence-corrected chi connectivity index (χ2v) is 6.64. The quantitative estimate of drug-likeness (QED) is 0.751. The summed E-state index contributed by atoms with van der Waals surface area (Å²) in [6.07, 6.45) is 0. The van der Waals surface area contributed by atoms with Gasteiger partial charge >= 0.3 is 0 Å². The third-order valence-corrected chi connectivity index (χ3v) is 5.19. The lowest BCUT2D eigenvalue weighted by Crippen LogP contribution is -2.20. The molecule has 0 saturated carbocycles. The van der Waals surface area contributed by atoms with Gasteiger partial charge in [0, 0.05) is 0 Å². The van der Waals surface area contributed by atoms with Gasteiger partial charge in [0.25, 0.3) is 0 Å². The van der Waals surface area contributed by atoms with Crippen molar-refractivity contribution in [2.24, 2.45) is 0 Å². The van der Waals surface area contributed by atoms with Crippen molar-refractivity contribution in [3.05, 3.63) is 60.2 Å². The summed E-state index contributed by atoms with van der Waals surface area (Å²) in [5.41, 5.74) is 0. The van der Waals surface area contributed by atoms with Crippen LogP contribution in [-0.4, -0.2) is 6.66 Å². The molecule has 0 aromatic heterocycles. The van der Waals surface area contributed by atoms with Crippen molar-refractivity contribution >= 4 is 17.8 Å². The Hall–Kier alpha value is -1.47. The van der Waals surface area contributed by atoms with Crippen LogP contribution in [0.2, 0.25) is 0 Å². The van der Waals surface area contributed by atoms with Gasteiger partial charge in [-0.3, -0.25) is 0 Å². The summed E-state index contributed by atoms with van der Waals surface area (Å²) in [6, 6.07) is 11.5. The summed E-state index contributed by atoms with van der Waals surface area (Å²) in [5, 5.41) is 0.121. The van der Waals surface area contributed by atoms with E-state index in [4.69, 9.17) is 0 Å². The monoisotopic (exact) mass is 252 g/mol. The molecule has 0 aliphatic carbocycles. The molecule has 0 unspecified atom stereocenters. The molecular weight excluding hydrogens is 241 g/mol. The van der Waals surface area contributed by atoms with Crippen LogP contribution in [0.4, 0.5) is 8.78 Å². The van der Waals surface area contributed by atoms with Crippen LogP contribution < -0.4 is 10.6 Å². The van der Waals surface area contributed by atoms with Gasteiger partial charge < -0.3 is 4.57 Å². The van der Waals surface area contributed by atoms with E-state index in [2.05, 4.69) is 0 Å². The van der Waals surface area contributed by atoms with Gasteiger partial charge in [0.2, 0.25) is 0 Å². The summed E-state index contributed by atoms with van der Waals surface area (Å²) in [6.45, 7) is 1.38. The first-order chi connectivity index (χ1) is 8.03. The Bertz CT molecular complexity index is 546. The summed E-state index contributed by atoms with van der Waals surface area (Å²) < 4.78 is 39.8. The van der Waals surface area contributed by atoms with Crippen molar-refractivity contribution in [1.29, 1.82) is 0 Å². The summed E-state index contributed by atoms with van der Waals surface area (Å²) in [4.78, 5) is 0. The van der Waals surface area contributed by atoms with Crippen LogP contribution in [0, 0.1) is 11.6 Å². The third kappa shape index (κ3) is 2.16. The van der Waals surface area contributed by atoms with Crippen molar-refractivity contribution < 1.29 is 13.3 Å². The fourth-order valence-electron chi connectivity index (χ4n) is 1.73. The molecule has 0 bridgehead atoms. The molecule has 2 aromatic rings. The summed E-state index contributed by atoms with van der Waals surface area (Å²) in [5.74, 6) is -1.14. The first-order valence-electron chi connectivity index (χ1n) is 5.11. The lowest BCUT2D eigenvalue weighted by Gasteiger charge is -2.15. The van der Waals surface area contributed by atoms with E-state index < -0.39 is 18.8 Å². The minimum Gasteiger partial charge on any atom is -0.314 e. The maximum absolute atomic E-state index is 13.6. The van der Waals surface area contributed by atoms with Gasteiger partial charge in [-0.25, -0.2) is 8.78 Å². The maximum atomic E-state index is 13.6. The Morgan fingerprint density at radius 3 is 1.53 bits per heavy atom. The van der Waals surface area contributed by atoms with Crippen LogP contribution in [-0.2, 0) is 4.57 Å². The number of rotatable bonds is 2. The summed E-state index contributed by atoms with van der Waals surface area (Å²) in [7, 11) is -3.22. The first kappa shape index (κ1) is 12.0. The van der Waals surface area contributed by atoms with Crippen molar-refractivity contribution in [3.63, 3.8) is 0 Å². The first-order valence-corrected chi connectivity index (χ1v) is 7.26. The van der Waals surface area contributed by atoms with Crippen LogP contribution in [0.25, 0.3) is 0 Å². The fraction of sp³-hybridized carbons (Fsp3) is 0.0769. The molecule has 1 nitrogen and oxygen atoms in total. The number of hydrogen-bond acceptors (Lipinski definition) is 1. The average Bonchev–Trinajstić information content (AvgIpc) is 2.29. The number of halogens is 2. The molecule has 17 heavy (non-hydrogen) atoms. The Labute approximate surface area is 98.5 Å². The van der Waals surface area contributed by atoms with Gasteiger partial charge in [0.15, 0.2) is 0 Å². The van der Waals surface area contributed by atoms with Crippen molar-refractivity contribution in [2.45, 2.75) is 0 Å². The van der Waals surface area contributed by atoms with E-state index >= 15 is 0 Å². The number of hydrogen-bond donors (Lipinski definition) is 0. The molecule has 0 aliphatic rings. The van der Waals surface area contributed by atoms with Crippen molar-refractivity contribution in [3.8, 4) is 0 Å². The molecule has 88 valence electrons. The zero-order valence-corrected chi connectivity index (χ0v) is 10.1. The van der Waals surface area contributed by atoms with E-state index in [1.807, 2.05) is 0 Å². The lowest BCUT2D eigenvalue weighted by molar-refractivity contribution is 0.583. The molecule has 0 atom stereocenters. The van der Waals surface area contributed by atoms with E-state index in [9.17, 15) is 13.3 Å². The zero-order valence-electron chi connectivity index (χ0n) is 9.23. The van der Waals surface area contributed by atoms with E-state index in [-0.39, 0.29) is 10.6 Å². The minimum atomic E-state index is -3.22. The highest BCUT2D eigenvalue weighted by atomic mass is 31.2. The number of benzene rings is 2. The Morgan fingerprint density at radius 1 is 0.824 bits per heavy atom. The molecule has 2 aromatic carbocycles. The molecule has 4 heteroatoms. The lowest BCUT2D eigenvalue weighted by atomic mass is 10.3. The average molecular weight is 252 g/mol. The molecule has 0 saturated heterocycles. The van der Waals surface area contributed by atoms with Gasteiger partial charge in [-0.05, 0) is 30.9 Å². The molecule has 0 N–H and O–H groups in total. The van der Waals surface area contributed by atoms with E-state index in [1.54, 1.807) is 12.1 Å². The maximum Gasteiger partial charge on any atom is 0.146 e. The second-order valence-electron chi connectivity index (χ2n) is 3.83. The third-order valence-electron chi connectivity index (χ3n) is 2.62. The van der Waals surface area contributed by atoms with Gasteiger partial charge in [0.1, 0.15) is 18.8 Å². The molecule has 0 fully saturated rings. The second kappa shape index (κ2) is 4.42. The normalized spacial score (nSPS) is 11.5. The molecule has 0 aliphatic heterocycles. The fourth-order valence-corrected chi connectivity index (χ4v) is 3.69. The van der Waals surface area contributed by atoms with Crippen molar-refractivity contribution in [1.82, 2.24) is 0 Å². The Morgan fingerprint density at radius 2 is 1.18 bits per heavy atom. The zero-order chi connectivity index (χ0) is 12.5. The van der Waals surface area contributed by atoms with Gasteiger partial charge in [-0.1, -0.05) is 24.3 Å². The van der Waals surface area contributed by atoms with Gasteiger partial charge in [0.05, 0.1) is 10.6 Å². The highest BCUT2D eigenvalue weighted by Gasteiger charge is 2.26. The Balaban J connectivity index is 2.63.